The first-order valence-corrected chi connectivity index (χ1v) is 7.45. The quantitative estimate of drug-likeness (QED) is 0.669. The lowest BCUT2D eigenvalue weighted by Gasteiger charge is -2.02. The van der Waals surface area contributed by atoms with Crippen LogP contribution in [0.5, 0.6) is 0 Å². The Hall–Kier alpha value is -2.59. The first-order chi connectivity index (χ1) is 10.6. The van der Waals surface area contributed by atoms with Gasteiger partial charge in [-0.25, -0.2) is 0 Å². The molecule has 0 bridgehead atoms. The molecule has 0 unspecified atom stereocenters. The lowest BCUT2D eigenvalue weighted by atomic mass is 10.1. The number of aryl methyl sites for hydroxylation is 2. The number of hydrogen-bond donors (Lipinski definition) is 2. The Morgan fingerprint density at radius 3 is 1.83 bits per heavy atom. The maximum atomic E-state index is 10.9. The molecule has 0 aromatic heterocycles. The van der Waals surface area contributed by atoms with Crippen LogP contribution >= 0.6 is 0 Å². The largest absolute Gasteiger partial charge is 0.412 e. The monoisotopic (exact) mass is 314 g/mol. The van der Waals surface area contributed by atoms with Gasteiger partial charge in [-0.15, -0.1) is 0 Å². The second-order valence-electron chi connectivity index (χ2n) is 4.84. The normalized spacial score (nSPS) is 8.96. The van der Waals surface area contributed by atoms with Crippen LogP contribution in [0, 0.1) is 0 Å². The van der Waals surface area contributed by atoms with Gasteiger partial charge in [0.05, 0.1) is 0 Å². The number of carbonyl (C=O) groups is 1. The lowest BCUT2D eigenvalue weighted by molar-refractivity contribution is -0.111. The van der Waals surface area contributed by atoms with Gasteiger partial charge in [0.25, 0.3) is 0 Å². The predicted octanol–water partition coefficient (Wildman–Crippen LogP) is 3.38. The maximum Gasteiger partial charge on any atom is 0.247 e. The van der Waals surface area contributed by atoms with E-state index in [1.165, 1.54) is 17.2 Å². The molecule has 0 saturated heterocycles. The Kier molecular flexibility index (Phi) is 9.80. The van der Waals surface area contributed by atoms with Crippen molar-refractivity contribution in [3.63, 3.8) is 0 Å². The molecule has 0 aliphatic carbocycles. The molecule has 5 N–H and O–H groups in total. The third-order valence-electron chi connectivity index (χ3n) is 3.20. The maximum absolute atomic E-state index is 10.9. The molecule has 1 amide bonds. The first-order valence-electron chi connectivity index (χ1n) is 7.45. The molecule has 2 aromatic carbocycles. The zero-order chi connectivity index (χ0) is 16.4. The summed E-state index contributed by atoms with van der Waals surface area (Å²) in [7, 11) is 0. The minimum Gasteiger partial charge on any atom is -0.412 e. The van der Waals surface area contributed by atoms with Crippen molar-refractivity contribution in [2.75, 3.05) is 11.1 Å². The van der Waals surface area contributed by atoms with Crippen molar-refractivity contribution in [1.29, 1.82) is 0 Å². The number of hydrogen-bond acceptors (Lipinski definition) is 2. The zero-order valence-corrected chi connectivity index (χ0v) is 13.8. The van der Waals surface area contributed by atoms with Crippen molar-refractivity contribution in [3.05, 3.63) is 72.3 Å². The summed E-state index contributed by atoms with van der Waals surface area (Å²) in [5.74, 6) is -0.177. The lowest BCUT2D eigenvalue weighted by Crippen LogP contribution is -2.06. The fourth-order valence-electron chi connectivity index (χ4n) is 1.77. The number of amides is 1. The summed E-state index contributed by atoms with van der Waals surface area (Å²) >= 11 is 0. The molecule has 0 radical (unpaired) electrons. The second-order valence-corrected chi connectivity index (χ2v) is 4.84. The number of benzene rings is 2. The highest BCUT2D eigenvalue weighted by atomic mass is 16.1. The Balaban J connectivity index is 0.000000427. The van der Waals surface area contributed by atoms with E-state index in [4.69, 9.17) is 5.73 Å². The van der Waals surface area contributed by atoms with Crippen molar-refractivity contribution >= 4 is 17.3 Å². The molecule has 2 rings (SSSR count). The van der Waals surface area contributed by atoms with Gasteiger partial charge >= 0.3 is 0 Å². The third kappa shape index (κ3) is 7.83. The summed E-state index contributed by atoms with van der Waals surface area (Å²) in [6, 6.07) is 15.7. The fraction of sp³-hybridized carbons (Fsp3) is 0.211. The molecular weight excluding hydrogens is 288 g/mol. The van der Waals surface area contributed by atoms with Crippen LogP contribution < -0.4 is 11.1 Å². The highest BCUT2D eigenvalue weighted by molar-refractivity contribution is 5.98. The van der Waals surface area contributed by atoms with Crippen LogP contribution in [0.25, 0.3) is 0 Å². The molecule has 4 nitrogen and oxygen atoms in total. The summed E-state index contributed by atoms with van der Waals surface area (Å²) < 4.78 is 0. The van der Waals surface area contributed by atoms with Crippen LogP contribution in [0.2, 0.25) is 0 Å². The average Bonchev–Trinajstić information content (AvgIpc) is 2.57. The number of rotatable bonds is 4. The van der Waals surface area contributed by atoms with Gasteiger partial charge < -0.3 is 16.5 Å². The molecule has 0 aliphatic rings. The van der Waals surface area contributed by atoms with Gasteiger partial charge in [0.2, 0.25) is 5.91 Å². The molecule has 0 spiro atoms. The Morgan fingerprint density at radius 1 is 1.00 bits per heavy atom. The zero-order valence-electron chi connectivity index (χ0n) is 13.8. The van der Waals surface area contributed by atoms with Gasteiger partial charge in [0, 0.05) is 11.4 Å². The Bertz CT molecular complexity index is 590. The van der Waals surface area contributed by atoms with Crippen LogP contribution in [-0.4, -0.2) is 11.4 Å². The van der Waals surface area contributed by atoms with Crippen molar-refractivity contribution in [1.82, 2.24) is 0 Å². The van der Waals surface area contributed by atoms with E-state index in [-0.39, 0.29) is 11.4 Å². The Morgan fingerprint density at radius 2 is 1.43 bits per heavy atom. The Labute approximate surface area is 138 Å². The van der Waals surface area contributed by atoms with Crippen LogP contribution in [0.3, 0.4) is 0 Å². The molecule has 0 saturated carbocycles. The molecular formula is C19H26N2O2. The number of carbonyl (C=O) groups excluding carboxylic acids is 1. The van der Waals surface area contributed by atoms with E-state index in [2.05, 4.69) is 37.9 Å². The van der Waals surface area contributed by atoms with Crippen molar-refractivity contribution in [2.24, 2.45) is 0 Å². The van der Waals surface area contributed by atoms with E-state index in [9.17, 15) is 4.79 Å². The molecule has 0 fully saturated rings. The SMILES string of the molecule is C=CC(=O)Nc1ccc(CC)cc1.CCc1ccc(N)cc1.O. The van der Waals surface area contributed by atoms with Crippen molar-refractivity contribution in [3.8, 4) is 0 Å². The van der Waals surface area contributed by atoms with Crippen LogP contribution in [0.1, 0.15) is 25.0 Å². The summed E-state index contributed by atoms with van der Waals surface area (Å²) in [5.41, 5.74) is 9.73. The summed E-state index contributed by atoms with van der Waals surface area (Å²) in [5, 5.41) is 2.69. The number of nitrogens with one attached hydrogen (secondary N) is 1. The fourth-order valence-corrected chi connectivity index (χ4v) is 1.77. The van der Waals surface area contributed by atoms with Crippen molar-refractivity contribution in [2.45, 2.75) is 26.7 Å². The second kappa shape index (κ2) is 11.0. The molecule has 0 heterocycles. The van der Waals surface area contributed by atoms with E-state index in [1.807, 2.05) is 36.4 Å². The van der Waals surface area contributed by atoms with E-state index < -0.39 is 0 Å². The molecule has 0 aliphatic heterocycles. The third-order valence-corrected chi connectivity index (χ3v) is 3.20. The number of anilines is 2. The van der Waals surface area contributed by atoms with Gasteiger partial charge in [-0.2, -0.15) is 0 Å². The predicted molar refractivity (Wildman–Crippen MR) is 98.5 cm³/mol. The first kappa shape index (κ1) is 20.4. The smallest absolute Gasteiger partial charge is 0.247 e. The summed E-state index contributed by atoms with van der Waals surface area (Å²) in [6.45, 7) is 7.60. The van der Waals surface area contributed by atoms with E-state index in [0.717, 1.165) is 24.2 Å². The highest BCUT2D eigenvalue weighted by Crippen LogP contribution is 2.09. The van der Waals surface area contributed by atoms with Gasteiger partial charge in [0.1, 0.15) is 0 Å². The van der Waals surface area contributed by atoms with Crippen molar-refractivity contribution < 1.29 is 10.3 Å². The molecule has 23 heavy (non-hydrogen) atoms. The molecule has 124 valence electrons. The minimum atomic E-state index is -0.177. The van der Waals surface area contributed by atoms with E-state index in [1.54, 1.807) is 0 Å². The highest BCUT2D eigenvalue weighted by Gasteiger charge is 1.95. The molecule has 4 heteroatoms. The number of nitrogen functional groups attached to an aromatic ring is 1. The standard InChI is InChI=1S/C11H13NO.C8H11N.H2O/c1-3-9-5-7-10(8-6-9)12-11(13)4-2;1-2-7-3-5-8(9)6-4-7;/h4-8H,2-3H2,1H3,(H,12,13);3-6H,2,9H2,1H3;1H2. The molecule has 0 atom stereocenters. The van der Waals surface area contributed by atoms with Crippen LogP contribution in [0.4, 0.5) is 11.4 Å². The minimum absolute atomic E-state index is 0. The number of nitrogens with two attached hydrogens (primary N) is 1. The van der Waals surface area contributed by atoms with Gasteiger partial charge in [-0.3, -0.25) is 4.79 Å². The topological polar surface area (TPSA) is 86.6 Å². The van der Waals surface area contributed by atoms with E-state index >= 15 is 0 Å². The van der Waals surface area contributed by atoms with Crippen LogP contribution in [0.15, 0.2) is 61.2 Å². The van der Waals surface area contributed by atoms with Gasteiger partial charge in [-0.1, -0.05) is 44.7 Å². The summed E-state index contributed by atoms with van der Waals surface area (Å²) in [4.78, 5) is 10.9. The molecule has 2 aromatic rings. The van der Waals surface area contributed by atoms with Gasteiger partial charge in [-0.05, 0) is 54.3 Å². The summed E-state index contributed by atoms with van der Waals surface area (Å²) in [6.07, 6.45) is 3.35. The van der Waals surface area contributed by atoms with Gasteiger partial charge in [0.15, 0.2) is 0 Å². The van der Waals surface area contributed by atoms with E-state index in [0.29, 0.717) is 0 Å². The average molecular weight is 314 g/mol. The van der Waals surface area contributed by atoms with Crippen LogP contribution in [-0.2, 0) is 17.6 Å².